The molecule has 1 fully saturated rings. The van der Waals surface area contributed by atoms with Gasteiger partial charge in [-0.15, -0.1) is 0 Å². The van der Waals surface area contributed by atoms with Crippen LogP contribution >= 0.6 is 15.9 Å². The summed E-state index contributed by atoms with van der Waals surface area (Å²) in [6, 6.07) is 0.818. The van der Waals surface area contributed by atoms with Crippen LogP contribution in [0.2, 0.25) is 0 Å². The van der Waals surface area contributed by atoms with Crippen molar-refractivity contribution >= 4 is 15.9 Å². The molecular formula is C17H30BrN3. The molecule has 0 radical (unpaired) electrons. The summed E-state index contributed by atoms with van der Waals surface area (Å²) in [5.41, 5.74) is 1.32. The summed E-state index contributed by atoms with van der Waals surface area (Å²) in [6.07, 6.45) is 11.7. The van der Waals surface area contributed by atoms with Crippen molar-refractivity contribution in [2.45, 2.75) is 77.8 Å². The van der Waals surface area contributed by atoms with Crippen LogP contribution in [0, 0.1) is 5.92 Å². The largest absolute Gasteiger partial charge is 0.309 e. The summed E-state index contributed by atoms with van der Waals surface area (Å²) in [5, 5.41) is 8.21. The second kappa shape index (κ2) is 8.33. The van der Waals surface area contributed by atoms with Crippen LogP contribution in [-0.2, 0) is 0 Å². The van der Waals surface area contributed by atoms with Gasteiger partial charge in [-0.1, -0.05) is 39.0 Å². The van der Waals surface area contributed by atoms with Crippen LogP contribution < -0.4 is 5.32 Å². The fourth-order valence-corrected chi connectivity index (χ4v) is 4.10. The molecule has 21 heavy (non-hydrogen) atoms. The highest BCUT2D eigenvalue weighted by molar-refractivity contribution is 9.10. The SMILES string of the molecule is CCNC(CCC1CCCCC1)c1c(Br)cnn1C(C)C. The summed E-state index contributed by atoms with van der Waals surface area (Å²) < 4.78 is 3.31. The van der Waals surface area contributed by atoms with E-state index in [0.29, 0.717) is 12.1 Å². The average molecular weight is 356 g/mol. The number of rotatable bonds is 7. The predicted octanol–water partition coefficient (Wildman–Crippen LogP) is 5.24. The molecule has 0 spiro atoms. The molecule has 0 bridgehead atoms. The highest BCUT2D eigenvalue weighted by Gasteiger charge is 2.22. The Hall–Kier alpha value is -0.350. The summed E-state index contributed by atoms with van der Waals surface area (Å²) >= 11 is 3.70. The third-order valence-corrected chi connectivity index (χ3v) is 5.26. The minimum absolute atomic E-state index is 0.405. The van der Waals surface area contributed by atoms with Crippen molar-refractivity contribution in [1.29, 1.82) is 0 Å². The van der Waals surface area contributed by atoms with Crippen LogP contribution in [0.4, 0.5) is 0 Å². The number of hydrogen-bond acceptors (Lipinski definition) is 2. The zero-order valence-corrected chi connectivity index (χ0v) is 15.3. The lowest BCUT2D eigenvalue weighted by Gasteiger charge is -2.26. The Kier molecular flexibility index (Phi) is 6.74. The molecule has 0 aromatic carbocycles. The fraction of sp³-hybridized carbons (Fsp3) is 0.824. The van der Waals surface area contributed by atoms with Crippen LogP contribution in [-0.4, -0.2) is 16.3 Å². The average Bonchev–Trinajstić information content (AvgIpc) is 2.86. The van der Waals surface area contributed by atoms with Crippen molar-refractivity contribution in [3.05, 3.63) is 16.4 Å². The quantitative estimate of drug-likeness (QED) is 0.724. The molecule has 0 amide bonds. The van der Waals surface area contributed by atoms with Crippen molar-refractivity contribution in [3.8, 4) is 0 Å². The molecule has 1 aliphatic carbocycles. The van der Waals surface area contributed by atoms with Crippen molar-refractivity contribution < 1.29 is 0 Å². The van der Waals surface area contributed by atoms with E-state index in [1.165, 1.54) is 50.6 Å². The van der Waals surface area contributed by atoms with Crippen LogP contribution in [0.15, 0.2) is 10.7 Å². The highest BCUT2D eigenvalue weighted by Crippen LogP contribution is 2.33. The number of hydrogen-bond donors (Lipinski definition) is 1. The maximum Gasteiger partial charge on any atom is 0.0698 e. The van der Waals surface area contributed by atoms with Crippen molar-refractivity contribution in [3.63, 3.8) is 0 Å². The molecule has 1 N–H and O–H groups in total. The Balaban J connectivity index is 2.05. The molecule has 0 aliphatic heterocycles. The Labute approximate surface area is 138 Å². The van der Waals surface area contributed by atoms with E-state index in [-0.39, 0.29) is 0 Å². The Morgan fingerprint density at radius 1 is 1.33 bits per heavy atom. The number of nitrogens with zero attached hydrogens (tertiary/aromatic N) is 2. The van der Waals surface area contributed by atoms with Crippen LogP contribution in [0.25, 0.3) is 0 Å². The maximum atomic E-state index is 4.54. The molecule has 1 aliphatic rings. The van der Waals surface area contributed by atoms with Gasteiger partial charge in [0, 0.05) is 6.04 Å². The van der Waals surface area contributed by atoms with Gasteiger partial charge in [-0.2, -0.15) is 5.10 Å². The smallest absolute Gasteiger partial charge is 0.0698 e. The van der Waals surface area contributed by atoms with Gasteiger partial charge in [-0.3, -0.25) is 4.68 Å². The van der Waals surface area contributed by atoms with Crippen molar-refractivity contribution in [2.75, 3.05) is 6.54 Å². The Morgan fingerprint density at radius 3 is 2.67 bits per heavy atom. The molecule has 2 rings (SSSR count). The maximum absolute atomic E-state index is 4.54. The van der Waals surface area contributed by atoms with Gasteiger partial charge >= 0.3 is 0 Å². The summed E-state index contributed by atoms with van der Waals surface area (Å²) in [5.74, 6) is 0.939. The standard InChI is InChI=1S/C17H30BrN3/c1-4-19-16(11-10-14-8-6-5-7-9-14)17-15(18)12-20-21(17)13(2)3/h12-14,16,19H,4-11H2,1-3H3. The van der Waals surface area contributed by atoms with Crippen LogP contribution in [0.1, 0.15) is 83.5 Å². The molecule has 4 heteroatoms. The lowest BCUT2D eigenvalue weighted by Crippen LogP contribution is -2.25. The molecule has 1 heterocycles. The lowest BCUT2D eigenvalue weighted by molar-refractivity contribution is 0.309. The Morgan fingerprint density at radius 2 is 2.05 bits per heavy atom. The van der Waals surface area contributed by atoms with Crippen molar-refractivity contribution in [2.24, 2.45) is 5.92 Å². The van der Waals surface area contributed by atoms with E-state index in [4.69, 9.17) is 0 Å². The monoisotopic (exact) mass is 355 g/mol. The van der Waals surface area contributed by atoms with E-state index in [1.807, 2.05) is 6.20 Å². The molecule has 120 valence electrons. The van der Waals surface area contributed by atoms with E-state index in [2.05, 4.69) is 51.8 Å². The lowest BCUT2D eigenvalue weighted by atomic mass is 9.85. The molecule has 1 unspecified atom stereocenters. The number of nitrogens with one attached hydrogen (secondary N) is 1. The van der Waals surface area contributed by atoms with E-state index < -0.39 is 0 Å². The van der Waals surface area contributed by atoms with E-state index in [0.717, 1.165) is 16.9 Å². The first-order valence-corrected chi connectivity index (χ1v) is 9.39. The van der Waals surface area contributed by atoms with E-state index in [9.17, 15) is 0 Å². The van der Waals surface area contributed by atoms with Gasteiger partial charge in [0.15, 0.2) is 0 Å². The van der Waals surface area contributed by atoms with Crippen LogP contribution in [0.5, 0.6) is 0 Å². The highest BCUT2D eigenvalue weighted by atomic mass is 79.9. The van der Waals surface area contributed by atoms with Gasteiger partial charge in [0.25, 0.3) is 0 Å². The fourth-order valence-electron chi connectivity index (χ4n) is 3.55. The minimum atomic E-state index is 0.405. The topological polar surface area (TPSA) is 29.9 Å². The molecule has 0 saturated heterocycles. The molecule has 1 saturated carbocycles. The zero-order valence-electron chi connectivity index (χ0n) is 13.7. The third kappa shape index (κ3) is 4.56. The van der Waals surface area contributed by atoms with Gasteiger partial charge < -0.3 is 5.32 Å². The molecule has 3 nitrogen and oxygen atoms in total. The molecular weight excluding hydrogens is 326 g/mol. The first-order chi connectivity index (χ1) is 10.1. The first-order valence-electron chi connectivity index (χ1n) is 8.59. The van der Waals surface area contributed by atoms with Crippen molar-refractivity contribution in [1.82, 2.24) is 15.1 Å². The molecule has 1 aromatic rings. The van der Waals surface area contributed by atoms with Gasteiger partial charge in [-0.25, -0.2) is 0 Å². The number of halogens is 1. The normalized spacial score (nSPS) is 18.3. The summed E-state index contributed by atoms with van der Waals surface area (Å²) in [7, 11) is 0. The summed E-state index contributed by atoms with van der Waals surface area (Å²) in [6.45, 7) is 7.60. The first kappa shape index (κ1) is 17.0. The number of aromatic nitrogens is 2. The molecule has 1 atom stereocenters. The van der Waals surface area contributed by atoms with Crippen LogP contribution in [0.3, 0.4) is 0 Å². The second-order valence-electron chi connectivity index (χ2n) is 6.61. The predicted molar refractivity (Wildman–Crippen MR) is 92.5 cm³/mol. The summed E-state index contributed by atoms with van der Waals surface area (Å²) in [4.78, 5) is 0. The van der Waals surface area contributed by atoms with Gasteiger partial charge in [0.1, 0.15) is 0 Å². The van der Waals surface area contributed by atoms with Gasteiger partial charge in [-0.05, 0) is 55.1 Å². The van der Waals surface area contributed by atoms with E-state index >= 15 is 0 Å². The van der Waals surface area contributed by atoms with Gasteiger partial charge in [0.05, 0.1) is 22.4 Å². The minimum Gasteiger partial charge on any atom is -0.309 e. The van der Waals surface area contributed by atoms with E-state index in [1.54, 1.807) is 0 Å². The third-order valence-electron chi connectivity index (χ3n) is 4.65. The van der Waals surface area contributed by atoms with Gasteiger partial charge in [0.2, 0.25) is 0 Å². The zero-order chi connectivity index (χ0) is 15.2. The second-order valence-corrected chi connectivity index (χ2v) is 7.46. The molecule has 1 aromatic heterocycles. The Bertz CT molecular complexity index is 422.